The van der Waals surface area contributed by atoms with Gasteiger partial charge in [0, 0.05) is 10.0 Å². The van der Waals surface area contributed by atoms with Gasteiger partial charge in [-0.3, -0.25) is 4.79 Å². The van der Waals surface area contributed by atoms with Crippen molar-refractivity contribution in [2.24, 2.45) is 0 Å². The fraction of sp³-hybridized carbons (Fsp3) is 0.500. The third-order valence-electron chi connectivity index (χ3n) is 3.43. The lowest BCUT2D eigenvalue weighted by molar-refractivity contribution is -0.115. The van der Waals surface area contributed by atoms with Crippen LogP contribution in [0.25, 0.3) is 0 Å². The highest BCUT2D eigenvalue weighted by Crippen LogP contribution is 2.21. The van der Waals surface area contributed by atoms with Crippen molar-refractivity contribution in [3.05, 3.63) is 28.7 Å². The lowest BCUT2D eigenvalue weighted by Crippen LogP contribution is -2.50. The molecule has 1 rings (SSSR count). The molecule has 0 saturated carbocycles. The highest BCUT2D eigenvalue weighted by atomic mass is 79.9. The number of nitrogens with one attached hydrogen (secondary N) is 2. The summed E-state index contributed by atoms with van der Waals surface area (Å²) in [4.78, 5) is 11.9. The predicted octanol–water partition coefficient (Wildman–Crippen LogP) is 2.53. The molecule has 0 aliphatic heterocycles. The molecule has 0 aliphatic carbocycles. The maximum absolute atomic E-state index is 11.9. The molecule has 0 radical (unpaired) electrons. The Morgan fingerprint density at radius 3 is 2.47 bits per heavy atom. The lowest BCUT2D eigenvalue weighted by Gasteiger charge is -2.30. The van der Waals surface area contributed by atoms with Crippen LogP contribution in [0, 0.1) is 0 Å². The van der Waals surface area contributed by atoms with Crippen LogP contribution in [0.15, 0.2) is 28.7 Å². The van der Waals surface area contributed by atoms with Crippen molar-refractivity contribution in [2.75, 3.05) is 18.5 Å². The van der Waals surface area contributed by atoms with Gasteiger partial charge in [-0.1, -0.05) is 26.0 Å². The van der Waals surface area contributed by atoms with Gasteiger partial charge in [-0.05, 0) is 40.9 Å². The van der Waals surface area contributed by atoms with E-state index in [2.05, 4.69) is 26.6 Å². The van der Waals surface area contributed by atoms with E-state index >= 15 is 0 Å². The molecule has 5 heteroatoms. The number of hydrogen-bond acceptors (Lipinski definition) is 3. The molecule has 0 unspecified atom stereocenters. The van der Waals surface area contributed by atoms with Crippen molar-refractivity contribution in [3.63, 3.8) is 0 Å². The number of aliphatic hydroxyl groups excluding tert-OH is 1. The topological polar surface area (TPSA) is 61.4 Å². The molecule has 0 saturated heterocycles. The van der Waals surface area contributed by atoms with Gasteiger partial charge in [-0.15, -0.1) is 0 Å². The second-order valence-corrected chi connectivity index (χ2v) is 5.38. The SMILES string of the molecule is CCC(CC)(CO)NCC(=O)Nc1ccccc1Br. The Balaban J connectivity index is 2.55. The molecule has 4 nitrogen and oxygen atoms in total. The molecule has 0 aromatic heterocycles. The van der Waals surface area contributed by atoms with Crippen molar-refractivity contribution in [2.45, 2.75) is 32.2 Å². The van der Waals surface area contributed by atoms with Crippen LogP contribution in [-0.4, -0.2) is 29.7 Å². The van der Waals surface area contributed by atoms with Gasteiger partial charge >= 0.3 is 0 Å². The van der Waals surface area contributed by atoms with Crippen molar-refractivity contribution in [1.29, 1.82) is 0 Å². The molecule has 3 N–H and O–H groups in total. The quantitative estimate of drug-likeness (QED) is 0.720. The van der Waals surface area contributed by atoms with E-state index in [4.69, 9.17) is 0 Å². The van der Waals surface area contributed by atoms with Crippen LogP contribution >= 0.6 is 15.9 Å². The number of carbonyl (C=O) groups is 1. The standard InChI is InChI=1S/C14H21BrN2O2/c1-3-14(4-2,10-18)16-9-13(19)17-12-8-6-5-7-11(12)15/h5-8,16,18H,3-4,9-10H2,1-2H3,(H,17,19). The summed E-state index contributed by atoms with van der Waals surface area (Å²) in [5.74, 6) is -0.119. The van der Waals surface area contributed by atoms with Crippen molar-refractivity contribution in [1.82, 2.24) is 5.32 Å². The maximum atomic E-state index is 11.9. The molecule has 106 valence electrons. The molecule has 0 aliphatic rings. The zero-order chi connectivity index (χ0) is 14.3. The van der Waals surface area contributed by atoms with E-state index in [0.717, 1.165) is 23.0 Å². The number of para-hydroxylation sites is 1. The molecule has 0 atom stereocenters. The van der Waals surface area contributed by atoms with E-state index < -0.39 is 0 Å². The molecule has 0 heterocycles. The number of hydrogen-bond donors (Lipinski definition) is 3. The van der Waals surface area contributed by atoms with E-state index in [9.17, 15) is 9.90 Å². The summed E-state index contributed by atoms with van der Waals surface area (Å²) in [5.41, 5.74) is 0.377. The second kappa shape index (κ2) is 7.62. The summed E-state index contributed by atoms with van der Waals surface area (Å²) in [5, 5.41) is 15.4. The van der Waals surface area contributed by atoms with E-state index in [1.807, 2.05) is 38.1 Å². The Hall–Kier alpha value is -0.910. The highest BCUT2D eigenvalue weighted by Gasteiger charge is 2.25. The van der Waals surface area contributed by atoms with Gasteiger partial charge in [-0.2, -0.15) is 0 Å². The first-order valence-corrected chi connectivity index (χ1v) is 7.26. The summed E-state index contributed by atoms with van der Waals surface area (Å²) < 4.78 is 0.850. The van der Waals surface area contributed by atoms with Crippen molar-refractivity contribution in [3.8, 4) is 0 Å². The Bertz CT molecular complexity index is 411. The summed E-state index contributed by atoms with van der Waals surface area (Å²) in [6, 6.07) is 7.47. The van der Waals surface area contributed by atoms with Gasteiger partial charge in [0.2, 0.25) is 5.91 Å². The zero-order valence-electron chi connectivity index (χ0n) is 11.4. The number of aliphatic hydroxyl groups is 1. The van der Waals surface area contributed by atoms with Crippen LogP contribution in [0.1, 0.15) is 26.7 Å². The third kappa shape index (κ3) is 4.60. The summed E-state index contributed by atoms with van der Waals surface area (Å²) in [6.45, 7) is 4.21. The lowest BCUT2D eigenvalue weighted by atomic mass is 9.94. The molecule has 0 fully saturated rings. The number of amides is 1. The fourth-order valence-corrected chi connectivity index (χ4v) is 2.19. The van der Waals surface area contributed by atoms with Gasteiger partial charge in [0.05, 0.1) is 18.8 Å². The van der Waals surface area contributed by atoms with Crippen molar-refractivity contribution < 1.29 is 9.90 Å². The average molecular weight is 329 g/mol. The molecular weight excluding hydrogens is 308 g/mol. The maximum Gasteiger partial charge on any atom is 0.238 e. The first-order chi connectivity index (χ1) is 9.06. The highest BCUT2D eigenvalue weighted by molar-refractivity contribution is 9.10. The van der Waals surface area contributed by atoms with E-state index in [1.54, 1.807) is 0 Å². The van der Waals surface area contributed by atoms with Gasteiger partial charge in [-0.25, -0.2) is 0 Å². The smallest absolute Gasteiger partial charge is 0.238 e. The molecule has 1 aromatic carbocycles. The van der Waals surface area contributed by atoms with Crippen LogP contribution in [0.3, 0.4) is 0 Å². The van der Waals surface area contributed by atoms with Crippen molar-refractivity contribution >= 4 is 27.5 Å². The molecule has 0 bridgehead atoms. The average Bonchev–Trinajstić information content (AvgIpc) is 2.44. The Labute approximate surface area is 122 Å². The minimum atomic E-state index is -0.370. The summed E-state index contributed by atoms with van der Waals surface area (Å²) >= 11 is 3.38. The number of anilines is 1. The normalized spacial score (nSPS) is 11.4. The van der Waals surface area contributed by atoms with Crippen LogP contribution in [0.4, 0.5) is 5.69 Å². The van der Waals surface area contributed by atoms with E-state index in [1.165, 1.54) is 0 Å². The van der Waals surface area contributed by atoms with Gasteiger partial charge in [0.15, 0.2) is 0 Å². The molecule has 0 spiro atoms. The largest absolute Gasteiger partial charge is 0.394 e. The predicted molar refractivity (Wildman–Crippen MR) is 81.2 cm³/mol. The summed E-state index contributed by atoms with van der Waals surface area (Å²) in [6.07, 6.45) is 1.56. The third-order valence-corrected chi connectivity index (χ3v) is 4.12. The van der Waals surface area contributed by atoms with E-state index in [-0.39, 0.29) is 24.6 Å². The number of benzene rings is 1. The minimum Gasteiger partial charge on any atom is -0.394 e. The first kappa shape index (κ1) is 16.1. The fourth-order valence-electron chi connectivity index (χ4n) is 1.80. The van der Waals surface area contributed by atoms with Gasteiger partial charge in [0.1, 0.15) is 0 Å². The molecule has 1 amide bonds. The van der Waals surface area contributed by atoms with Crippen LogP contribution in [-0.2, 0) is 4.79 Å². The Morgan fingerprint density at radius 2 is 1.95 bits per heavy atom. The monoisotopic (exact) mass is 328 g/mol. The van der Waals surface area contributed by atoms with Crippen LogP contribution < -0.4 is 10.6 Å². The Kier molecular flexibility index (Phi) is 6.48. The Morgan fingerprint density at radius 1 is 1.32 bits per heavy atom. The van der Waals surface area contributed by atoms with E-state index in [0.29, 0.717) is 0 Å². The molecule has 19 heavy (non-hydrogen) atoms. The van der Waals surface area contributed by atoms with Gasteiger partial charge < -0.3 is 15.7 Å². The molecular formula is C14H21BrN2O2. The minimum absolute atomic E-state index is 0.0301. The second-order valence-electron chi connectivity index (χ2n) is 4.53. The first-order valence-electron chi connectivity index (χ1n) is 6.47. The number of rotatable bonds is 7. The van der Waals surface area contributed by atoms with Crippen LogP contribution in [0.5, 0.6) is 0 Å². The van der Waals surface area contributed by atoms with Gasteiger partial charge in [0.25, 0.3) is 0 Å². The zero-order valence-corrected chi connectivity index (χ0v) is 13.0. The number of carbonyl (C=O) groups excluding carboxylic acids is 1. The number of halogens is 1. The summed E-state index contributed by atoms with van der Waals surface area (Å²) in [7, 11) is 0. The molecule has 1 aromatic rings. The van der Waals surface area contributed by atoms with Crippen LogP contribution in [0.2, 0.25) is 0 Å².